The van der Waals surface area contributed by atoms with Crippen LogP contribution in [0.1, 0.15) is 71.6 Å². The van der Waals surface area contributed by atoms with E-state index in [-0.39, 0.29) is 29.4 Å². The van der Waals surface area contributed by atoms with E-state index in [0.717, 1.165) is 25.0 Å². The van der Waals surface area contributed by atoms with E-state index in [4.69, 9.17) is 16.3 Å². The fourth-order valence-corrected chi connectivity index (χ4v) is 5.02. The van der Waals surface area contributed by atoms with Crippen LogP contribution < -0.4 is 4.74 Å². The molecule has 1 heterocycles. The minimum Gasteiger partial charge on any atom is -0.492 e. The number of nitrogens with zero attached hydrogens (tertiary/aromatic N) is 2. The Bertz CT molecular complexity index is 1260. The average molecular weight is 557 g/mol. The maximum Gasteiger partial charge on any atom is 0.416 e. The van der Waals surface area contributed by atoms with Crippen LogP contribution in [0, 0.1) is 28.4 Å². The van der Waals surface area contributed by atoms with Crippen LogP contribution in [-0.2, 0) is 10.9 Å². The maximum atomic E-state index is 14.7. The molecule has 1 aliphatic carbocycles. The SMILES string of the molecule is COC(=O)c1cc(C2CC2)c(OCC2(C#N)CCN(C(C)c3cc(C(F)(F)F)cc(Cl)c3F)CC2)cc1F. The van der Waals surface area contributed by atoms with E-state index in [2.05, 4.69) is 10.8 Å². The molecule has 2 aromatic rings. The number of hydrogen-bond donors (Lipinski definition) is 0. The Morgan fingerprint density at radius 3 is 2.42 bits per heavy atom. The van der Waals surface area contributed by atoms with Crippen LogP contribution in [0.25, 0.3) is 0 Å². The molecule has 2 aromatic carbocycles. The minimum absolute atomic E-state index is 0.0355. The van der Waals surface area contributed by atoms with E-state index in [0.29, 0.717) is 37.6 Å². The molecule has 0 bridgehead atoms. The Hall–Kier alpha value is -2.90. The molecule has 1 saturated carbocycles. The Kier molecular flexibility index (Phi) is 7.91. The van der Waals surface area contributed by atoms with Crippen LogP contribution in [0.5, 0.6) is 5.75 Å². The molecule has 0 amide bonds. The topological polar surface area (TPSA) is 62.6 Å². The fraction of sp³-hybridized carbons (Fsp3) is 0.481. The summed E-state index contributed by atoms with van der Waals surface area (Å²) in [5.41, 5.74) is -1.62. The van der Waals surface area contributed by atoms with Crippen LogP contribution in [-0.4, -0.2) is 37.7 Å². The number of hydrogen-bond acceptors (Lipinski definition) is 5. The quantitative estimate of drug-likeness (QED) is 0.270. The van der Waals surface area contributed by atoms with E-state index in [1.807, 2.05) is 0 Å². The van der Waals surface area contributed by atoms with Gasteiger partial charge < -0.3 is 9.47 Å². The summed E-state index contributed by atoms with van der Waals surface area (Å²) in [7, 11) is 1.17. The number of nitriles is 1. The lowest BCUT2D eigenvalue weighted by atomic mass is 9.80. The van der Waals surface area contributed by atoms with Gasteiger partial charge in [0.05, 0.1) is 34.7 Å². The zero-order valence-corrected chi connectivity index (χ0v) is 21.6. The van der Waals surface area contributed by atoms with Crippen molar-refractivity contribution < 1.29 is 36.2 Å². The Balaban J connectivity index is 1.48. The summed E-state index contributed by atoms with van der Waals surface area (Å²) in [6, 6.07) is 5.49. The molecule has 1 aliphatic heterocycles. The summed E-state index contributed by atoms with van der Waals surface area (Å²) >= 11 is 5.76. The van der Waals surface area contributed by atoms with Crippen molar-refractivity contribution in [3.63, 3.8) is 0 Å². The molecular formula is C27H26ClF5N2O3. The normalized spacial score (nSPS) is 18.5. The number of carbonyl (C=O) groups excluding carboxylic acids is 1. The Labute approximate surface area is 222 Å². The first-order chi connectivity index (χ1) is 17.9. The van der Waals surface area contributed by atoms with Crippen LogP contribution in [0.4, 0.5) is 22.0 Å². The lowest BCUT2D eigenvalue weighted by Gasteiger charge is -2.40. The molecule has 0 aromatic heterocycles. The summed E-state index contributed by atoms with van der Waals surface area (Å²) < 4.78 is 79.6. The average Bonchev–Trinajstić information content (AvgIpc) is 3.73. The molecule has 5 nitrogen and oxygen atoms in total. The second-order valence-electron chi connectivity index (χ2n) is 9.89. The minimum atomic E-state index is -4.67. The molecule has 11 heteroatoms. The molecule has 204 valence electrons. The van der Waals surface area contributed by atoms with Gasteiger partial charge in [-0.15, -0.1) is 0 Å². The van der Waals surface area contributed by atoms with Crippen LogP contribution in [0.15, 0.2) is 24.3 Å². The largest absolute Gasteiger partial charge is 0.492 e. The number of carbonyl (C=O) groups is 1. The number of methoxy groups -OCH3 is 1. The van der Waals surface area contributed by atoms with Gasteiger partial charge in [-0.25, -0.2) is 13.6 Å². The van der Waals surface area contributed by atoms with Gasteiger partial charge in [-0.1, -0.05) is 11.6 Å². The maximum absolute atomic E-state index is 14.7. The third-order valence-electron chi connectivity index (χ3n) is 7.40. The van der Waals surface area contributed by atoms with Gasteiger partial charge in [0.15, 0.2) is 0 Å². The molecular weight excluding hydrogens is 531 g/mol. The van der Waals surface area contributed by atoms with Gasteiger partial charge in [0.1, 0.15) is 24.0 Å². The van der Waals surface area contributed by atoms with Gasteiger partial charge in [-0.2, -0.15) is 18.4 Å². The Morgan fingerprint density at radius 1 is 1.21 bits per heavy atom. The van der Waals surface area contributed by atoms with Crippen molar-refractivity contribution in [1.82, 2.24) is 4.90 Å². The van der Waals surface area contributed by atoms with Gasteiger partial charge in [0.2, 0.25) is 0 Å². The standard InChI is InChI=1S/C27H26ClF5N2O3/c1-15(18-9-17(27(31,32)33)10-21(28)24(18)30)35-7-5-26(13-34,6-8-35)14-38-23-12-22(29)20(25(36)37-2)11-19(23)16-3-4-16/h9-12,15-16H,3-8,14H2,1-2H3. The van der Waals surface area contributed by atoms with E-state index < -0.39 is 45.8 Å². The van der Waals surface area contributed by atoms with Gasteiger partial charge in [0, 0.05) is 30.8 Å². The highest BCUT2D eigenvalue weighted by molar-refractivity contribution is 6.30. The van der Waals surface area contributed by atoms with E-state index in [9.17, 15) is 32.0 Å². The molecule has 0 spiro atoms. The number of ether oxygens (including phenoxy) is 2. The van der Waals surface area contributed by atoms with E-state index in [1.165, 1.54) is 13.2 Å². The predicted octanol–water partition coefficient (Wildman–Crippen LogP) is 7.05. The third-order valence-corrected chi connectivity index (χ3v) is 7.67. The summed E-state index contributed by atoms with van der Waals surface area (Å²) in [6.45, 7) is 2.16. The number of esters is 1. The van der Waals surface area contributed by atoms with Crippen LogP contribution >= 0.6 is 11.6 Å². The summed E-state index contributed by atoms with van der Waals surface area (Å²) in [4.78, 5) is 13.7. The van der Waals surface area contributed by atoms with E-state index >= 15 is 0 Å². The van der Waals surface area contributed by atoms with Gasteiger partial charge in [-0.05, 0) is 62.3 Å². The monoisotopic (exact) mass is 556 g/mol. The predicted molar refractivity (Wildman–Crippen MR) is 129 cm³/mol. The second-order valence-corrected chi connectivity index (χ2v) is 10.3. The number of likely N-dealkylation sites (tertiary alicyclic amines) is 1. The highest BCUT2D eigenvalue weighted by Gasteiger charge is 2.39. The molecule has 4 rings (SSSR count). The Morgan fingerprint density at radius 2 is 1.87 bits per heavy atom. The summed E-state index contributed by atoms with van der Waals surface area (Å²) in [5.74, 6) is -2.08. The van der Waals surface area contributed by atoms with Crippen molar-refractivity contribution in [2.75, 3.05) is 26.8 Å². The number of halogens is 6. The highest BCUT2D eigenvalue weighted by atomic mass is 35.5. The molecule has 0 N–H and O–H groups in total. The first kappa shape index (κ1) is 28.1. The highest BCUT2D eigenvalue weighted by Crippen LogP contribution is 2.46. The number of alkyl halides is 3. The zero-order valence-electron chi connectivity index (χ0n) is 20.8. The molecule has 2 aliphatic rings. The summed E-state index contributed by atoms with van der Waals surface area (Å²) in [6.07, 6.45) is -2.31. The first-order valence-corrected chi connectivity index (χ1v) is 12.5. The van der Waals surface area contributed by atoms with Crippen LogP contribution in [0.3, 0.4) is 0 Å². The van der Waals surface area contributed by atoms with Crippen molar-refractivity contribution in [2.45, 2.75) is 50.7 Å². The lowest BCUT2D eigenvalue weighted by Crippen LogP contribution is -2.43. The first-order valence-electron chi connectivity index (χ1n) is 12.1. The van der Waals surface area contributed by atoms with Crippen molar-refractivity contribution in [2.24, 2.45) is 5.41 Å². The second kappa shape index (κ2) is 10.7. The molecule has 38 heavy (non-hydrogen) atoms. The fourth-order valence-electron chi connectivity index (χ4n) is 4.79. The van der Waals surface area contributed by atoms with E-state index in [1.54, 1.807) is 11.8 Å². The van der Waals surface area contributed by atoms with Gasteiger partial charge >= 0.3 is 12.1 Å². The molecule has 1 unspecified atom stereocenters. The molecule has 0 radical (unpaired) electrons. The number of piperidine rings is 1. The number of rotatable bonds is 7. The van der Waals surface area contributed by atoms with Crippen molar-refractivity contribution in [3.8, 4) is 11.8 Å². The third kappa shape index (κ3) is 5.74. The van der Waals surface area contributed by atoms with Crippen molar-refractivity contribution >= 4 is 17.6 Å². The summed E-state index contributed by atoms with van der Waals surface area (Å²) in [5, 5.41) is 9.37. The van der Waals surface area contributed by atoms with Crippen LogP contribution in [0.2, 0.25) is 5.02 Å². The molecule has 2 fully saturated rings. The van der Waals surface area contributed by atoms with Gasteiger partial charge in [0.25, 0.3) is 0 Å². The van der Waals surface area contributed by atoms with Crippen molar-refractivity contribution in [1.29, 1.82) is 5.26 Å². The molecule has 1 saturated heterocycles. The smallest absolute Gasteiger partial charge is 0.416 e. The van der Waals surface area contributed by atoms with Crippen molar-refractivity contribution in [3.05, 3.63) is 63.2 Å². The lowest BCUT2D eigenvalue weighted by molar-refractivity contribution is -0.137. The molecule has 1 atom stereocenters. The number of benzene rings is 2. The van der Waals surface area contributed by atoms with Gasteiger partial charge in [-0.3, -0.25) is 4.90 Å². The zero-order chi connectivity index (χ0) is 27.8.